The van der Waals surface area contributed by atoms with Gasteiger partial charge in [0, 0.05) is 20.6 Å². The SMILES string of the molecule is CC(C)CC(NCc1ccc(O)c(Cl)c1)C(=O)N(C)C. The molecule has 0 aliphatic carbocycles. The molecular formula is C15H23ClN2O2. The Morgan fingerprint density at radius 3 is 2.55 bits per heavy atom. The van der Waals surface area contributed by atoms with Crippen molar-refractivity contribution in [3.05, 3.63) is 28.8 Å². The Kier molecular flexibility index (Phi) is 6.30. The second kappa shape index (κ2) is 7.50. The lowest BCUT2D eigenvalue weighted by molar-refractivity contribution is -0.131. The van der Waals surface area contributed by atoms with Crippen LogP contribution in [0.15, 0.2) is 18.2 Å². The van der Waals surface area contributed by atoms with E-state index in [2.05, 4.69) is 19.2 Å². The van der Waals surface area contributed by atoms with E-state index >= 15 is 0 Å². The van der Waals surface area contributed by atoms with Crippen molar-refractivity contribution in [1.29, 1.82) is 0 Å². The minimum Gasteiger partial charge on any atom is -0.506 e. The predicted molar refractivity (Wildman–Crippen MR) is 81.9 cm³/mol. The Bertz CT molecular complexity index is 461. The molecule has 1 atom stereocenters. The maximum atomic E-state index is 12.1. The van der Waals surface area contributed by atoms with Crippen LogP contribution >= 0.6 is 11.6 Å². The van der Waals surface area contributed by atoms with Gasteiger partial charge in [-0.15, -0.1) is 0 Å². The van der Waals surface area contributed by atoms with Crippen LogP contribution in [0.5, 0.6) is 5.75 Å². The normalized spacial score (nSPS) is 12.5. The molecule has 0 heterocycles. The van der Waals surface area contributed by atoms with Gasteiger partial charge in [-0.05, 0) is 30.0 Å². The monoisotopic (exact) mass is 298 g/mol. The van der Waals surface area contributed by atoms with Crippen LogP contribution in [-0.4, -0.2) is 36.1 Å². The van der Waals surface area contributed by atoms with E-state index in [0.717, 1.165) is 12.0 Å². The second-order valence-corrected chi connectivity index (χ2v) is 5.99. The number of hydrogen-bond acceptors (Lipinski definition) is 3. The summed E-state index contributed by atoms with van der Waals surface area (Å²) in [5, 5.41) is 13.0. The summed E-state index contributed by atoms with van der Waals surface area (Å²) in [7, 11) is 3.52. The van der Waals surface area contributed by atoms with Gasteiger partial charge in [-0.3, -0.25) is 4.79 Å². The Morgan fingerprint density at radius 1 is 1.40 bits per heavy atom. The summed E-state index contributed by atoms with van der Waals surface area (Å²) in [6.07, 6.45) is 0.781. The molecule has 2 N–H and O–H groups in total. The highest BCUT2D eigenvalue weighted by Crippen LogP contribution is 2.23. The highest BCUT2D eigenvalue weighted by atomic mass is 35.5. The van der Waals surface area contributed by atoms with Crippen molar-refractivity contribution >= 4 is 17.5 Å². The number of phenolic OH excluding ortho intramolecular Hbond substituents is 1. The number of likely N-dealkylation sites (N-methyl/N-ethyl adjacent to an activating group) is 1. The molecule has 1 rings (SSSR count). The first-order valence-electron chi connectivity index (χ1n) is 6.73. The van der Waals surface area contributed by atoms with E-state index < -0.39 is 0 Å². The van der Waals surface area contributed by atoms with E-state index in [4.69, 9.17) is 11.6 Å². The summed E-state index contributed by atoms with van der Waals surface area (Å²) in [5.41, 5.74) is 0.938. The number of halogens is 1. The lowest BCUT2D eigenvalue weighted by atomic mass is 10.0. The van der Waals surface area contributed by atoms with Gasteiger partial charge in [0.25, 0.3) is 0 Å². The number of aromatic hydroxyl groups is 1. The number of nitrogens with zero attached hydrogens (tertiary/aromatic N) is 1. The molecule has 0 saturated heterocycles. The van der Waals surface area contributed by atoms with Crippen LogP contribution in [0, 0.1) is 5.92 Å². The lowest BCUT2D eigenvalue weighted by Crippen LogP contribution is -2.44. The van der Waals surface area contributed by atoms with Crippen LogP contribution in [0.2, 0.25) is 5.02 Å². The Hall–Kier alpha value is -1.26. The zero-order valence-electron chi connectivity index (χ0n) is 12.5. The van der Waals surface area contributed by atoms with Gasteiger partial charge in [-0.2, -0.15) is 0 Å². The number of benzene rings is 1. The number of rotatable bonds is 6. The third-order valence-corrected chi connectivity index (χ3v) is 3.31. The number of carbonyl (C=O) groups excluding carboxylic acids is 1. The maximum Gasteiger partial charge on any atom is 0.239 e. The van der Waals surface area contributed by atoms with Gasteiger partial charge >= 0.3 is 0 Å². The molecule has 0 spiro atoms. The van der Waals surface area contributed by atoms with Crippen LogP contribution in [0.3, 0.4) is 0 Å². The highest BCUT2D eigenvalue weighted by Gasteiger charge is 2.20. The van der Waals surface area contributed by atoms with Crippen molar-refractivity contribution in [1.82, 2.24) is 10.2 Å². The van der Waals surface area contributed by atoms with Crippen LogP contribution in [0.4, 0.5) is 0 Å². The van der Waals surface area contributed by atoms with Gasteiger partial charge < -0.3 is 15.3 Å². The molecule has 0 radical (unpaired) electrons. The molecule has 0 saturated carbocycles. The molecule has 20 heavy (non-hydrogen) atoms. The molecular weight excluding hydrogens is 276 g/mol. The zero-order valence-corrected chi connectivity index (χ0v) is 13.2. The maximum absolute atomic E-state index is 12.1. The molecule has 0 aliphatic heterocycles. The minimum atomic E-state index is -0.211. The van der Waals surface area contributed by atoms with Gasteiger partial charge in [0.2, 0.25) is 5.91 Å². The van der Waals surface area contributed by atoms with Gasteiger partial charge in [-0.25, -0.2) is 0 Å². The van der Waals surface area contributed by atoms with Crippen molar-refractivity contribution < 1.29 is 9.90 Å². The molecule has 4 nitrogen and oxygen atoms in total. The van der Waals surface area contributed by atoms with E-state index in [9.17, 15) is 9.90 Å². The van der Waals surface area contributed by atoms with Crippen molar-refractivity contribution in [2.75, 3.05) is 14.1 Å². The minimum absolute atomic E-state index is 0.0681. The van der Waals surface area contributed by atoms with Crippen molar-refractivity contribution in [3.63, 3.8) is 0 Å². The lowest BCUT2D eigenvalue weighted by Gasteiger charge is -2.23. The third kappa shape index (κ3) is 5.02. The first-order chi connectivity index (χ1) is 9.31. The average molecular weight is 299 g/mol. The topological polar surface area (TPSA) is 52.6 Å². The van der Waals surface area contributed by atoms with Gasteiger partial charge in [-0.1, -0.05) is 31.5 Å². The van der Waals surface area contributed by atoms with Gasteiger partial charge in [0.05, 0.1) is 11.1 Å². The fourth-order valence-corrected chi connectivity index (χ4v) is 2.16. The summed E-state index contributed by atoms with van der Waals surface area (Å²) in [5.74, 6) is 0.571. The van der Waals surface area contributed by atoms with Crippen LogP contribution < -0.4 is 5.32 Å². The molecule has 1 unspecified atom stereocenters. The summed E-state index contributed by atoms with van der Waals surface area (Å²) < 4.78 is 0. The number of hydrogen-bond donors (Lipinski definition) is 2. The van der Waals surface area contributed by atoms with Crippen molar-refractivity contribution in [2.45, 2.75) is 32.9 Å². The smallest absolute Gasteiger partial charge is 0.239 e. The number of carbonyl (C=O) groups is 1. The van der Waals surface area contributed by atoms with E-state index in [1.165, 1.54) is 0 Å². The van der Waals surface area contributed by atoms with E-state index in [1.54, 1.807) is 37.2 Å². The second-order valence-electron chi connectivity index (χ2n) is 5.58. The fourth-order valence-electron chi connectivity index (χ4n) is 1.96. The van der Waals surface area contributed by atoms with Crippen molar-refractivity contribution in [3.8, 4) is 5.75 Å². The van der Waals surface area contributed by atoms with E-state index in [0.29, 0.717) is 17.5 Å². The third-order valence-electron chi connectivity index (χ3n) is 3.01. The molecule has 1 aromatic rings. The average Bonchev–Trinajstić information content (AvgIpc) is 2.37. The van der Waals surface area contributed by atoms with E-state index in [-0.39, 0.29) is 17.7 Å². The molecule has 0 aliphatic rings. The summed E-state index contributed by atoms with van der Waals surface area (Å²) in [4.78, 5) is 13.7. The first kappa shape index (κ1) is 16.8. The van der Waals surface area contributed by atoms with Gasteiger partial charge in [0.15, 0.2) is 0 Å². The van der Waals surface area contributed by atoms with Gasteiger partial charge in [0.1, 0.15) is 5.75 Å². The predicted octanol–water partition coefficient (Wildman–Crippen LogP) is 2.64. The van der Waals surface area contributed by atoms with Crippen LogP contribution in [0.25, 0.3) is 0 Å². The Morgan fingerprint density at radius 2 is 2.05 bits per heavy atom. The van der Waals surface area contributed by atoms with Crippen LogP contribution in [0.1, 0.15) is 25.8 Å². The molecule has 112 valence electrons. The Balaban J connectivity index is 2.70. The number of phenols is 1. The standard InChI is InChI=1S/C15H23ClN2O2/c1-10(2)7-13(15(20)18(3)4)17-9-11-5-6-14(19)12(16)8-11/h5-6,8,10,13,17,19H,7,9H2,1-4H3. The summed E-state index contributed by atoms with van der Waals surface area (Å²) >= 11 is 5.87. The summed E-state index contributed by atoms with van der Waals surface area (Å²) in [6, 6.07) is 4.85. The van der Waals surface area contributed by atoms with Crippen molar-refractivity contribution in [2.24, 2.45) is 5.92 Å². The molecule has 0 bridgehead atoms. The molecule has 1 aromatic carbocycles. The van der Waals surface area contributed by atoms with E-state index in [1.807, 2.05) is 0 Å². The largest absolute Gasteiger partial charge is 0.506 e. The van der Waals surface area contributed by atoms with Crippen LogP contribution in [-0.2, 0) is 11.3 Å². The zero-order chi connectivity index (χ0) is 15.3. The quantitative estimate of drug-likeness (QED) is 0.849. The first-order valence-corrected chi connectivity index (χ1v) is 7.11. The summed E-state index contributed by atoms with van der Waals surface area (Å²) in [6.45, 7) is 4.72. The Labute approximate surface area is 125 Å². The number of nitrogens with one attached hydrogen (secondary N) is 1. The molecule has 0 fully saturated rings. The number of amides is 1. The fraction of sp³-hybridized carbons (Fsp3) is 0.533. The highest BCUT2D eigenvalue weighted by molar-refractivity contribution is 6.32. The molecule has 1 amide bonds. The molecule has 0 aromatic heterocycles. The molecule has 5 heteroatoms.